The summed E-state index contributed by atoms with van der Waals surface area (Å²) in [4.78, 5) is 0. The van der Waals surface area contributed by atoms with E-state index in [2.05, 4.69) is 72.8 Å². The smallest absolute Gasteiger partial charge is 0.178 e. The zero-order chi connectivity index (χ0) is 31.8. The zero-order valence-electron chi connectivity index (χ0n) is 26.0. The summed E-state index contributed by atoms with van der Waals surface area (Å²) in [6.45, 7) is 0. The minimum atomic E-state index is -0.947. The number of rotatable bonds is 4. The van der Waals surface area contributed by atoms with Gasteiger partial charge in [0.05, 0.1) is 7.11 Å². The Hall–Kier alpha value is -5.22. The molecule has 230 valence electrons. The van der Waals surface area contributed by atoms with Crippen LogP contribution in [0.25, 0.3) is 39.1 Å². The molecule has 0 aromatic heterocycles. The monoisotopic (exact) mass is 618 g/mol. The molecule has 3 aliphatic rings. The van der Waals surface area contributed by atoms with Crippen molar-refractivity contribution >= 4 is 16.8 Å². The van der Waals surface area contributed by atoms with Gasteiger partial charge in [-0.15, -0.1) is 0 Å². The molecule has 47 heavy (non-hydrogen) atoms. The predicted octanol–water partition coefficient (Wildman–Crippen LogP) is 11.0. The molecule has 0 bridgehead atoms. The fourth-order valence-corrected chi connectivity index (χ4v) is 8.59. The first-order valence-electron chi connectivity index (χ1n) is 16.3. The molecule has 2 aliphatic carbocycles. The number of hydrogen-bond donors (Lipinski definition) is 0. The van der Waals surface area contributed by atoms with Gasteiger partial charge in [-0.3, -0.25) is 0 Å². The summed E-state index contributed by atoms with van der Waals surface area (Å²) in [5.74, 6) is 0.530. The highest BCUT2D eigenvalue weighted by atomic mass is 19.1. The van der Waals surface area contributed by atoms with Crippen LogP contribution in [0.3, 0.4) is 0 Å². The van der Waals surface area contributed by atoms with E-state index in [1.165, 1.54) is 6.07 Å². The quantitative estimate of drug-likeness (QED) is 0.196. The molecule has 0 N–H and O–H groups in total. The van der Waals surface area contributed by atoms with E-state index in [0.717, 1.165) is 93.0 Å². The Kier molecular flexibility index (Phi) is 6.20. The SMILES string of the molecule is COc1ccc(C2(c3ccc(-c4ccccc4)cc3)C=Cc3c4c(c5ccccc5c3O2)-c2cc(F)cc(F)c2C42CCCC2)cc1. The standard InChI is InChI=1S/C43H32F2O2/c1-46-32-19-17-30(18-20-32)43(29-15-13-28(14-16-29)27-9-3-2-4-10-27)24-21-35-40-38(33-11-5-6-12-34(33)41(35)47-43)36-25-31(44)26-37(45)39(36)42(40)22-7-8-23-42/h2-6,9-21,24-26H,7-8,22-23H2,1H3. The lowest BCUT2D eigenvalue weighted by atomic mass is 9.73. The average molecular weight is 619 g/mol. The Morgan fingerprint density at radius 3 is 2.02 bits per heavy atom. The summed E-state index contributed by atoms with van der Waals surface area (Å²) in [5, 5.41) is 1.88. The summed E-state index contributed by atoms with van der Waals surface area (Å²) >= 11 is 0. The number of fused-ring (bicyclic) bond motifs is 10. The number of benzene rings is 6. The average Bonchev–Trinajstić information content (AvgIpc) is 3.72. The predicted molar refractivity (Wildman–Crippen MR) is 184 cm³/mol. The van der Waals surface area contributed by atoms with Gasteiger partial charge in [0.2, 0.25) is 0 Å². The highest BCUT2D eigenvalue weighted by molar-refractivity contribution is 6.08. The van der Waals surface area contributed by atoms with E-state index in [9.17, 15) is 4.39 Å². The summed E-state index contributed by atoms with van der Waals surface area (Å²) in [6, 6.07) is 37.7. The molecule has 1 heterocycles. The van der Waals surface area contributed by atoms with Crippen molar-refractivity contribution in [3.8, 4) is 33.8 Å². The molecule has 6 aromatic carbocycles. The van der Waals surface area contributed by atoms with Crippen LogP contribution in [0.5, 0.6) is 11.5 Å². The van der Waals surface area contributed by atoms with Gasteiger partial charge >= 0.3 is 0 Å². The second-order valence-electron chi connectivity index (χ2n) is 13.0. The molecule has 4 heteroatoms. The summed E-state index contributed by atoms with van der Waals surface area (Å²) < 4.78 is 43.8. The third kappa shape index (κ3) is 4.00. The van der Waals surface area contributed by atoms with Crippen molar-refractivity contribution in [3.63, 3.8) is 0 Å². The van der Waals surface area contributed by atoms with E-state index in [-0.39, 0.29) is 0 Å². The van der Waals surface area contributed by atoms with E-state index in [1.807, 2.05) is 42.5 Å². The van der Waals surface area contributed by atoms with Crippen molar-refractivity contribution in [2.45, 2.75) is 36.7 Å². The Balaban J connectivity index is 1.31. The van der Waals surface area contributed by atoms with Crippen LogP contribution in [-0.4, -0.2) is 7.11 Å². The van der Waals surface area contributed by atoms with E-state index in [1.54, 1.807) is 7.11 Å². The van der Waals surface area contributed by atoms with E-state index in [4.69, 9.17) is 9.47 Å². The molecule has 1 saturated carbocycles. The molecular weight excluding hydrogens is 586 g/mol. The first-order valence-corrected chi connectivity index (χ1v) is 16.3. The third-order valence-corrected chi connectivity index (χ3v) is 10.6. The minimum Gasteiger partial charge on any atom is -0.497 e. The van der Waals surface area contributed by atoms with Crippen LogP contribution in [0, 0.1) is 11.6 Å². The summed E-state index contributed by atoms with van der Waals surface area (Å²) in [5.41, 5.74) is 7.03. The lowest BCUT2D eigenvalue weighted by molar-refractivity contribution is 0.163. The number of methoxy groups -OCH3 is 1. The molecule has 1 spiro atoms. The van der Waals surface area contributed by atoms with E-state index < -0.39 is 22.7 Å². The fourth-order valence-electron chi connectivity index (χ4n) is 8.59. The van der Waals surface area contributed by atoms with Crippen molar-refractivity contribution in [2.24, 2.45) is 0 Å². The molecule has 1 atom stereocenters. The van der Waals surface area contributed by atoms with Crippen molar-refractivity contribution in [1.82, 2.24) is 0 Å². The van der Waals surface area contributed by atoms with Crippen LogP contribution >= 0.6 is 0 Å². The van der Waals surface area contributed by atoms with Crippen LogP contribution in [-0.2, 0) is 11.0 Å². The van der Waals surface area contributed by atoms with Gasteiger partial charge < -0.3 is 9.47 Å². The third-order valence-electron chi connectivity index (χ3n) is 10.6. The maximum Gasteiger partial charge on any atom is 0.178 e. The second-order valence-corrected chi connectivity index (χ2v) is 13.0. The number of halogens is 2. The summed E-state index contributed by atoms with van der Waals surface area (Å²) in [6.07, 6.45) is 7.94. The molecule has 1 unspecified atom stereocenters. The van der Waals surface area contributed by atoms with Crippen LogP contribution in [0.15, 0.2) is 121 Å². The first kappa shape index (κ1) is 28.0. The van der Waals surface area contributed by atoms with E-state index >= 15 is 4.39 Å². The molecule has 1 fully saturated rings. The molecule has 2 nitrogen and oxygen atoms in total. The van der Waals surface area contributed by atoms with Gasteiger partial charge in [-0.25, -0.2) is 8.78 Å². The fraction of sp³-hybridized carbons (Fsp3) is 0.163. The van der Waals surface area contributed by atoms with Gasteiger partial charge in [-0.05, 0) is 70.3 Å². The van der Waals surface area contributed by atoms with Crippen LogP contribution in [0.2, 0.25) is 0 Å². The zero-order valence-corrected chi connectivity index (χ0v) is 26.0. The second kappa shape index (κ2) is 10.4. The Morgan fingerprint density at radius 1 is 0.681 bits per heavy atom. The lowest BCUT2D eigenvalue weighted by Crippen LogP contribution is -2.35. The molecule has 0 saturated heterocycles. The molecule has 9 rings (SSSR count). The van der Waals surface area contributed by atoms with Crippen molar-refractivity contribution in [1.29, 1.82) is 0 Å². The maximum absolute atomic E-state index is 15.9. The van der Waals surface area contributed by atoms with Gasteiger partial charge in [0.1, 0.15) is 23.1 Å². The van der Waals surface area contributed by atoms with Gasteiger partial charge in [0.25, 0.3) is 0 Å². The first-order chi connectivity index (χ1) is 23.0. The maximum atomic E-state index is 15.9. The van der Waals surface area contributed by atoms with Crippen molar-refractivity contribution in [2.75, 3.05) is 7.11 Å². The van der Waals surface area contributed by atoms with Gasteiger partial charge in [-0.2, -0.15) is 0 Å². The normalized spacial score (nSPS) is 18.5. The Labute approximate surface area is 272 Å². The highest BCUT2D eigenvalue weighted by Gasteiger charge is 2.51. The van der Waals surface area contributed by atoms with Crippen LogP contribution < -0.4 is 9.47 Å². The molecule has 1 aliphatic heterocycles. The van der Waals surface area contributed by atoms with Crippen molar-refractivity contribution < 1.29 is 18.3 Å². The minimum absolute atomic E-state index is 0.456. The lowest BCUT2D eigenvalue weighted by Gasteiger charge is -2.39. The Bertz CT molecular complexity index is 2210. The summed E-state index contributed by atoms with van der Waals surface area (Å²) in [7, 11) is 1.67. The largest absolute Gasteiger partial charge is 0.497 e. The van der Waals surface area contributed by atoms with E-state index in [0.29, 0.717) is 11.1 Å². The molecule has 0 amide bonds. The van der Waals surface area contributed by atoms with Gasteiger partial charge in [0, 0.05) is 39.1 Å². The number of ether oxygens (including phenoxy) is 2. The van der Waals surface area contributed by atoms with Gasteiger partial charge in [0.15, 0.2) is 5.60 Å². The molecular formula is C43H32F2O2. The van der Waals surface area contributed by atoms with Gasteiger partial charge in [-0.1, -0.05) is 110 Å². The highest BCUT2D eigenvalue weighted by Crippen LogP contribution is 2.63. The topological polar surface area (TPSA) is 18.5 Å². The van der Waals surface area contributed by atoms with Crippen molar-refractivity contribution in [3.05, 3.63) is 161 Å². The Morgan fingerprint density at radius 2 is 1.32 bits per heavy atom. The van der Waals surface area contributed by atoms with Crippen LogP contribution in [0.1, 0.15) is 53.5 Å². The molecule has 0 radical (unpaired) electrons. The molecule has 6 aromatic rings. The number of hydrogen-bond acceptors (Lipinski definition) is 2. The van der Waals surface area contributed by atoms with Crippen LogP contribution in [0.4, 0.5) is 8.78 Å².